The van der Waals surface area contributed by atoms with E-state index in [1.807, 2.05) is 36.4 Å². The molecule has 116 valence electrons. The number of carbonyl (C=O) groups is 1. The van der Waals surface area contributed by atoms with E-state index in [1.165, 1.54) is 0 Å². The van der Waals surface area contributed by atoms with Crippen LogP contribution in [0.5, 0.6) is 0 Å². The standard InChI is InChI=1S/C19H11ClN2O2/c20-14-8-3-1-6-12(14)19(23)24-22-17-11-5-10-16-18(17)13-7-2-4-9-15(13)21-16/h1-11H. The van der Waals surface area contributed by atoms with Crippen molar-refractivity contribution in [2.75, 3.05) is 0 Å². The summed E-state index contributed by atoms with van der Waals surface area (Å²) in [6.07, 6.45) is 5.52. The molecule has 0 amide bonds. The summed E-state index contributed by atoms with van der Waals surface area (Å²) < 4.78 is 0. The SMILES string of the molecule is O=C(ON=C1C=CC=C2N=c3ccccc3=C21)c1ccccc1Cl. The zero-order chi connectivity index (χ0) is 16.5. The normalized spacial score (nSPS) is 16.3. The third kappa shape index (κ3) is 2.47. The van der Waals surface area contributed by atoms with Crippen molar-refractivity contribution in [3.05, 3.63) is 93.6 Å². The summed E-state index contributed by atoms with van der Waals surface area (Å²) in [6, 6.07) is 14.5. The van der Waals surface area contributed by atoms with Crippen LogP contribution in [0.2, 0.25) is 5.02 Å². The summed E-state index contributed by atoms with van der Waals surface area (Å²) in [5.74, 6) is -0.596. The van der Waals surface area contributed by atoms with Crippen molar-refractivity contribution in [1.29, 1.82) is 0 Å². The second kappa shape index (κ2) is 5.91. The van der Waals surface area contributed by atoms with E-state index < -0.39 is 5.97 Å². The first-order valence-corrected chi connectivity index (χ1v) is 7.73. The smallest absolute Gasteiger partial charge is 0.312 e. The van der Waals surface area contributed by atoms with Crippen LogP contribution in [0.15, 0.2) is 82.6 Å². The van der Waals surface area contributed by atoms with Crippen LogP contribution in [-0.2, 0) is 4.84 Å². The molecule has 4 nitrogen and oxygen atoms in total. The summed E-state index contributed by atoms with van der Waals surface area (Å²) in [5.41, 5.74) is 2.51. The van der Waals surface area contributed by atoms with Crippen LogP contribution in [0.25, 0.3) is 5.57 Å². The number of carbonyl (C=O) groups excluding carboxylic acids is 1. The van der Waals surface area contributed by atoms with Crippen molar-refractivity contribution in [2.24, 2.45) is 10.1 Å². The van der Waals surface area contributed by atoms with Crippen LogP contribution < -0.4 is 10.6 Å². The molecule has 2 aromatic carbocycles. The van der Waals surface area contributed by atoms with Crippen molar-refractivity contribution in [3.8, 4) is 0 Å². The van der Waals surface area contributed by atoms with Gasteiger partial charge in [-0.1, -0.05) is 53.2 Å². The molecule has 0 radical (unpaired) electrons. The number of para-hydroxylation sites is 1. The number of rotatable bonds is 2. The number of oxime groups is 1. The van der Waals surface area contributed by atoms with Gasteiger partial charge in [0, 0.05) is 10.8 Å². The first kappa shape index (κ1) is 14.6. The van der Waals surface area contributed by atoms with Gasteiger partial charge in [0.2, 0.25) is 0 Å². The maximum absolute atomic E-state index is 12.2. The second-order valence-corrected chi connectivity index (χ2v) is 5.66. The van der Waals surface area contributed by atoms with Gasteiger partial charge in [0.15, 0.2) is 0 Å². The van der Waals surface area contributed by atoms with E-state index in [-0.39, 0.29) is 5.56 Å². The zero-order valence-corrected chi connectivity index (χ0v) is 13.2. The van der Waals surface area contributed by atoms with Crippen LogP contribution in [0.1, 0.15) is 10.4 Å². The molecule has 1 aliphatic carbocycles. The molecule has 0 fully saturated rings. The molecular formula is C19H11ClN2O2. The van der Waals surface area contributed by atoms with Gasteiger partial charge in [-0.15, -0.1) is 0 Å². The number of fused-ring (bicyclic) bond motifs is 2. The summed E-state index contributed by atoms with van der Waals surface area (Å²) in [4.78, 5) is 21.8. The second-order valence-electron chi connectivity index (χ2n) is 5.25. The molecule has 0 bridgehead atoms. The Hall–Kier alpha value is -2.98. The predicted molar refractivity (Wildman–Crippen MR) is 92.2 cm³/mol. The van der Waals surface area contributed by atoms with E-state index in [0.717, 1.165) is 21.8 Å². The van der Waals surface area contributed by atoms with Gasteiger partial charge in [-0.25, -0.2) is 9.79 Å². The Morgan fingerprint density at radius 2 is 1.88 bits per heavy atom. The fraction of sp³-hybridized carbons (Fsp3) is 0. The number of hydrogen-bond donors (Lipinski definition) is 0. The lowest BCUT2D eigenvalue weighted by atomic mass is 10.0. The highest BCUT2D eigenvalue weighted by Crippen LogP contribution is 2.21. The summed E-state index contributed by atoms with van der Waals surface area (Å²) in [6.45, 7) is 0. The number of halogens is 1. The van der Waals surface area contributed by atoms with Crippen molar-refractivity contribution < 1.29 is 9.63 Å². The van der Waals surface area contributed by atoms with Gasteiger partial charge in [-0.05, 0) is 30.4 Å². The number of nitrogens with zero attached hydrogens (tertiary/aromatic N) is 2. The van der Waals surface area contributed by atoms with E-state index in [4.69, 9.17) is 16.4 Å². The van der Waals surface area contributed by atoms with E-state index in [2.05, 4.69) is 10.1 Å². The molecule has 4 rings (SSSR count). The molecule has 5 heteroatoms. The van der Waals surface area contributed by atoms with Gasteiger partial charge in [-0.3, -0.25) is 0 Å². The number of benzene rings is 2. The first-order valence-electron chi connectivity index (χ1n) is 7.35. The Labute approximate surface area is 142 Å². The number of hydrogen-bond acceptors (Lipinski definition) is 4. The third-order valence-corrected chi connectivity index (χ3v) is 4.09. The number of allylic oxidation sites excluding steroid dienone is 4. The molecule has 24 heavy (non-hydrogen) atoms. The van der Waals surface area contributed by atoms with Crippen molar-refractivity contribution in [3.63, 3.8) is 0 Å². The van der Waals surface area contributed by atoms with E-state index in [0.29, 0.717) is 10.7 Å². The Morgan fingerprint density at radius 1 is 1.08 bits per heavy atom. The van der Waals surface area contributed by atoms with Crippen molar-refractivity contribution in [2.45, 2.75) is 0 Å². The highest BCUT2D eigenvalue weighted by Gasteiger charge is 2.20. The Bertz CT molecular complexity index is 1060. The van der Waals surface area contributed by atoms with Gasteiger partial charge < -0.3 is 4.84 Å². The summed E-state index contributed by atoms with van der Waals surface area (Å²) >= 11 is 6.00. The van der Waals surface area contributed by atoms with E-state index >= 15 is 0 Å². The zero-order valence-electron chi connectivity index (χ0n) is 12.4. The quantitative estimate of drug-likeness (QED) is 0.626. The van der Waals surface area contributed by atoms with Gasteiger partial charge in [0.05, 0.1) is 21.6 Å². The molecule has 0 saturated heterocycles. The molecule has 0 aromatic heterocycles. The Balaban J connectivity index is 1.71. The highest BCUT2D eigenvalue weighted by atomic mass is 35.5. The lowest BCUT2D eigenvalue weighted by Crippen LogP contribution is -2.24. The third-order valence-electron chi connectivity index (χ3n) is 3.76. The van der Waals surface area contributed by atoms with E-state index in [1.54, 1.807) is 30.3 Å². The summed E-state index contributed by atoms with van der Waals surface area (Å²) in [5, 5.41) is 6.21. The minimum atomic E-state index is -0.596. The van der Waals surface area contributed by atoms with Crippen LogP contribution in [0.3, 0.4) is 0 Å². The van der Waals surface area contributed by atoms with Gasteiger partial charge in [0.25, 0.3) is 0 Å². The predicted octanol–water partition coefficient (Wildman–Crippen LogP) is 2.79. The molecular weight excluding hydrogens is 324 g/mol. The molecule has 0 atom stereocenters. The molecule has 0 unspecified atom stereocenters. The van der Waals surface area contributed by atoms with Crippen molar-refractivity contribution >= 4 is 28.9 Å². The summed E-state index contributed by atoms with van der Waals surface area (Å²) in [7, 11) is 0. The maximum Gasteiger partial charge on any atom is 0.367 e. The molecule has 2 aliphatic rings. The molecule has 0 saturated carbocycles. The first-order chi connectivity index (χ1) is 11.7. The van der Waals surface area contributed by atoms with Gasteiger partial charge >= 0.3 is 5.97 Å². The molecule has 2 aromatic rings. The fourth-order valence-corrected chi connectivity index (χ4v) is 2.87. The average molecular weight is 335 g/mol. The molecule has 1 heterocycles. The Kier molecular flexibility index (Phi) is 3.59. The van der Waals surface area contributed by atoms with Crippen molar-refractivity contribution in [1.82, 2.24) is 0 Å². The molecule has 0 spiro atoms. The van der Waals surface area contributed by atoms with Crippen LogP contribution in [-0.4, -0.2) is 11.7 Å². The van der Waals surface area contributed by atoms with Crippen LogP contribution in [0.4, 0.5) is 0 Å². The molecule has 1 aliphatic heterocycles. The lowest BCUT2D eigenvalue weighted by Gasteiger charge is -2.08. The van der Waals surface area contributed by atoms with E-state index in [9.17, 15) is 4.79 Å². The minimum absolute atomic E-state index is 0.278. The highest BCUT2D eigenvalue weighted by molar-refractivity contribution is 6.33. The van der Waals surface area contributed by atoms with Gasteiger partial charge in [0.1, 0.15) is 5.71 Å². The average Bonchev–Trinajstić information content (AvgIpc) is 2.99. The monoisotopic (exact) mass is 334 g/mol. The fourth-order valence-electron chi connectivity index (χ4n) is 2.65. The van der Waals surface area contributed by atoms with Crippen LogP contribution in [0, 0.1) is 0 Å². The topological polar surface area (TPSA) is 51.0 Å². The minimum Gasteiger partial charge on any atom is -0.312 e. The molecule has 0 N–H and O–H groups in total. The largest absolute Gasteiger partial charge is 0.367 e. The Morgan fingerprint density at radius 3 is 2.75 bits per heavy atom. The maximum atomic E-state index is 12.2. The van der Waals surface area contributed by atoms with Gasteiger partial charge in [-0.2, -0.15) is 0 Å². The lowest BCUT2D eigenvalue weighted by molar-refractivity contribution is 0.0518. The van der Waals surface area contributed by atoms with Crippen LogP contribution >= 0.6 is 11.6 Å².